The first kappa shape index (κ1) is 21.9. The SMILES string of the molecule is CC(C)(C)O[N]c1c(-c2ccc(Cl)cc2)cc(-c2cccs2)cc1-c1ccc(Cl)cc1. The van der Waals surface area contributed by atoms with Crippen LogP contribution in [0.15, 0.2) is 78.2 Å². The first-order valence-corrected chi connectivity index (χ1v) is 11.6. The molecule has 0 aliphatic rings. The molecule has 0 aliphatic heterocycles. The summed E-state index contributed by atoms with van der Waals surface area (Å²) in [5.41, 5.74) is 10.1. The van der Waals surface area contributed by atoms with Gasteiger partial charge in [-0.3, -0.25) is 0 Å². The molecule has 0 N–H and O–H groups in total. The van der Waals surface area contributed by atoms with Crippen LogP contribution >= 0.6 is 34.5 Å². The topological polar surface area (TPSA) is 23.3 Å². The van der Waals surface area contributed by atoms with Crippen LogP contribution in [0.3, 0.4) is 0 Å². The Kier molecular flexibility index (Phi) is 6.40. The molecule has 0 amide bonds. The monoisotopic (exact) mass is 466 g/mol. The summed E-state index contributed by atoms with van der Waals surface area (Å²) in [4.78, 5) is 7.08. The van der Waals surface area contributed by atoms with Gasteiger partial charge in [-0.1, -0.05) is 53.5 Å². The zero-order valence-corrected chi connectivity index (χ0v) is 19.9. The molecule has 2 nitrogen and oxygen atoms in total. The van der Waals surface area contributed by atoms with Crippen LogP contribution in [0.1, 0.15) is 20.8 Å². The Morgan fingerprint density at radius 1 is 0.742 bits per heavy atom. The van der Waals surface area contributed by atoms with Crippen molar-refractivity contribution in [2.45, 2.75) is 26.4 Å². The van der Waals surface area contributed by atoms with Crippen molar-refractivity contribution >= 4 is 40.2 Å². The molecule has 31 heavy (non-hydrogen) atoms. The van der Waals surface area contributed by atoms with E-state index in [1.807, 2.05) is 69.3 Å². The average molecular weight is 467 g/mol. The van der Waals surface area contributed by atoms with Crippen LogP contribution in [-0.2, 0) is 4.84 Å². The maximum Gasteiger partial charge on any atom is 0.106 e. The van der Waals surface area contributed by atoms with Crippen LogP contribution in [-0.4, -0.2) is 5.60 Å². The quantitative estimate of drug-likeness (QED) is 0.269. The number of rotatable bonds is 5. The molecule has 3 aromatic carbocycles. The van der Waals surface area contributed by atoms with E-state index in [0.717, 1.165) is 33.5 Å². The van der Waals surface area contributed by atoms with Gasteiger partial charge in [0.05, 0.1) is 5.60 Å². The van der Waals surface area contributed by atoms with Crippen molar-refractivity contribution < 1.29 is 4.84 Å². The standard InChI is InChI=1S/C26H22Cl2NOS/c1-26(2,3)30-29-25-22(17-6-10-20(27)11-7-17)15-19(24-5-4-14-31-24)16-23(25)18-8-12-21(28)13-9-18/h4-16H,1-3H3. The van der Waals surface area contributed by atoms with Gasteiger partial charge in [-0.2, -0.15) is 0 Å². The lowest BCUT2D eigenvalue weighted by molar-refractivity contribution is -0.0541. The minimum absolute atomic E-state index is 0.416. The van der Waals surface area contributed by atoms with Crippen molar-refractivity contribution in [3.8, 4) is 32.7 Å². The van der Waals surface area contributed by atoms with Crippen molar-refractivity contribution in [2.75, 3.05) is 0 Å². The first-order valence-electron chi connectivity index (χ1n) is 9.93. The van der Waals surface area contributed by atoms with Crippen LogP contribution in [0.4, 0.5) is 5.69 Å². The van der Waals surface area contributed by atoms with Gasteiger partial charge in [-0.15, -0.1) is 16.8 Å². The molecule has 1 radical (unpaired) electrons. The predicted molar refractivity (Wildman–Crippen MR) is 133 cm³/mol. The second-order valence-electron chi connectivity index (χ2n) is 8.21. The summed E-state index contributed by atoms with van der Waals surface area (Å²) in [6.45, 7) is 5.96. The molecule has 0 bridgehead atoms. The molecule has 4 rings (SSSR count). The predicted octanol–water partition coefficient (Wildman–Crippen LogP) is 9.02. The fourth-order valence-electron chi connectivity index (χ4n) is 3.20. The van der Waals surface area contributed by atoms with E-state index >= 15 is 0 Å². The molecule has 4 aromatic rings. The normalized spacial score (nSPS) is 11.5. The van der Waals surface area contributed by atoms with Gasteiger partial charge < -0.3 is 0 Å². The Balaban J connectivity index is 1.97. The first-order chi connectivity index (χ1) is 14.8. The van der Waals surface area contributed by atoms with Crippen LogP contribution in [0.2, 0.25) is 10.0 Å². The lowest BCUT2D eigenvalue weighted by Crippen LogP contribution is -2.22. The van der Waals surface area contributed by atoms with E-state index in [2.05, 4.69) is 35.1 Å². The molecule has 0 spiro atoms. The summed E-state index contributed by atoms with van der Waals surface area (Å²) in [6, 6.07) is 24.1. The summed E-state index contributed by atoms with van der Waals surface area (Å²) in [5, 5.41) is 3.47. The average Bonchev–Trinajstić information content (AvgIpc) is 3.27. The Morgan fingerprint density at radius 2 is 1.26 bits per heavy atom. The van der Waals surface area contributed by atoms with Gasteiger partial charge in [0.25, 0.3) is 0 Å². The molecule has 0 fully saturated rings. The number of benzene rings is 3. The van der Waals surface area contributed by atoms with Crippen LogP contribution in [0, 0.1) is 0 Å². The molecule has 0 aliphatic carbocycles. The van der Waals surface area contributed by atoms with Gasteiger partial charge in [0.1, 0.15) is 5.69 Å². The molecule has 157 valence electrons. The highest BCUT2D eigenvalue weighted by Gasteiger charge is 2.20. The minimum Gasteiger partial charge on any atom is -0.246 e. The van der Waals surface area contributed by atoms with E-state index in [-0.39, 0.29) is 0 Å². The van der Waals surface area contributed by atoms with Crippen LogP contribution in [0.5, 0.6) is 0 Å². The molecule has 1 heterocycles. The Hall–Kier alpha value is -2.30. The van der Waals surface area contributed by atoms with Crippen molar-refractivity contribution in [1.29, 1.82) is 0 Å². The van der Waals surface area contributed by atoms with Crippen LogP contribution < -0.4 is 5.48 Å². The van der Waals surface area contributed by atoms with Gasteiger partial charge in [0, 0.05) is 26.0 Å². The van der Waals surface area contributed by atoms with Gasteiger partial charge in [-0.25, -0.2) is 4.84 Å². The summed E-state index contributed by atoms with van der Waals surface area (Å²) >= 11 is 14.0. The zero-order chi connectivity index (χ0) is 22.0. The van der Waals surface area contributed by atoms with Gasteiger partial charge >= 0.3 is 0 Å². The number of hydrogen-bond donors (Lipinski definition) is 0. The van der Waals surface area contributed by atoms with Gasteiger partial charge in [-0.05, 0) is 85.3 Å². The summed E-state index contributed by atoms with van der Waals surface area (Å²) in [5.74, 6) is 0. The number of thiophene rings is 1. The third-order valence-electron chi connectivity index (χ3n) is 4.64. The summed E-state index contributed by atoms with van der Waals surface area (Å²) < 4.78 is 0. The highest BCUT2D eigenvalue weighted by Crippen LogP contribution is 2.42. The van der Waals surface area contributed by atoms with Crippen molar-refractivity contribution in [2.24, 2.45) is 0 Å². The summed E-state index contributed by atoms with van der Waals surface area (Å²) in [7, 11) is 0. The third kappa shape index (κ3) is 5.31. The largest absolute Gasteiger partial charge is 0.246 e. The molecule has 0 saturated carbocycles. The highest BCUT2D eigenvalue weighted by atomic mass is 35.5. The molecule has 0 saturated heterocycles. The smallest absolute Gasteiger partial charge is 0.106 e. The molecule has 5 heteroatoms. The van der Waals surface area contributed by atoms with E-state index in [0.29, 0.717) is 10.0 Å². The zero-order valence-electron chi connectivity index (χ0n) is 17.5. The molecule has 0 unspecified atom stereocenters. The molecule has 1 aromatic heterocycles. The van der Waals surface area contributed by atoms with Crippen LogP contribution in [0.25, 0.3) is 32.7 Å². The maximum atomic E-state index is 6.16. The van der Waals surface area contributed by atoms with E-state index in [9.17, 15) is 0 Å². The second kappa shape index (κ2) is 9.05. The number of nitrogens with zero attached hydrogens (tertiary/aromatic N) is 1. The van der Waals surface area contributed by atoms with E-state index in [1.54, 1.807) is 11.3 Å². The van der Waals surface area contributed by atoms with Gasteiger partial charge in [0.15, 0.2) is 0 Å². The maximum absolute atomic E-state index is 6.16. The number of hydrogen-bond acceptors (Lipinski definition) is 2. The molecular weight excluding hydrogens is 445 g/mol. The van der Waals surface area contributed by atoms with E-state index < -0.39 is 5.60 Å². The molecule has 0 atom stereocenters. The Morgan fingerprint density at radius 3 is 1.68 bits per heavy atom. The minimum atomic E-state index is -0.416. The van der Waals surface area contributed by atoms with Crippen molar-refractivity contribution in [3.63, 3.8) is 0 Å². The summed E-state index contributed by atoms with van der Waals surface area (Å²) in [6.07, 6.45) is 0. The molecular formula is C26H22Cl2NOS. The highest BCUT2D eigenvalue weighted by molar-refractivity contribution is 7.13. The van der Waals surface area contributed by atoms with Crippen molar-refractivity contribution in [1.82, 2.24) is 5.48 Å². The Bertz CT molecular complexity index is 1100. The van der Waals surface area contributed by atoms with E-state index in [1.165, 1.54) is 4.88 Å². The fourth-order valence-corrected chi connectivity index (χ4v) is 4.17. The van der Waals surface area contributed by atoms with E-state index in [4.69, 9.17) is 28.0 Å². The van der Waals surface area contributed by atoms with Crippen molar-refractivity contribution in [3.05, 3.63) is 88.2 Å². The lowest BCUT2D eigenvalue weighted by atomic mass is 9.93. The lowest BCUT2D eigenvalue weighted by Gasteiger charge is -2.22. The Labute approximate surface area is 197 Å². The van der Waals surface area contributed by atoms with Gasteiger partial charge in [0.2, 0.25) is 0 Å². The number of halogens is 2. The fraction of sp³-hybridized carbons (Fsp3) is 0.154. The second-order valence-corrected chi connectivity index (χ2v) is 10.0. The third-order valence-corrected chi connectivity index (χ3v) is 6.06.